The SMILES string of the molecule is CC(=O)[O-].COC1CCCCO1.[Hg+]. The van der Waals surface area contributed by atoms with E-state index in [4.69, 9.17) is 19.4 Å². The Hall–Kier alpha value is 0.325. The molecule has 0 amide bonds. The van der Waals surface area contributed by atoms with Gasteiger partial charge in [0.15, 0.2) is 6.29 Å². The van der Waals surface area contributed by atoms with Gasteiger partial charge in [0.1, 0.15) is 0 Å². The molecule has 1 atom stereocenters. The second kappa shape index (κ2) is 10.4. The molecular formula is C8H15HgO4. The van der Waals surface area contributed by atoms with Gasteiger partial charge >= 0.3 is 27.7 Å². The topological polar surface area (TPSA) is 58.6 Å². The molecule has 0 aromatic carbocycles. The summed E-state index contributed by atoms with van der Waals surface area (Å²) >= 11 is 0. The standard InChI is InChI=1S/C6H12O2.C2H4O2.Hg/c1-7-6-4-2-3-5-8-6;1-2(3)4;/h6H,2-5H2,1H3;1H3,(H,3,4);/q;;+1/p-1. The van der Waals surface area contributed by atoms with E-state index in [1.165, 1.54) is 12.8 Å². The van der Waals surface area contributed by atoms with Crippen LogP contribution in [0.4, 0.5) is 0 Å². The van der Waals surface area contributed by atoms with Gasteiger partial charge in [-0.1, -0.05) is 0 Å². The van der Waals surface area contributed by atoms with Crippen LogP contribution >= 0.6 is 0 Å². The molecule has 0 bridgehead atoms. The van der Waals surface area contributed by atoms with Crippen LogP contribution in [0.5, 0.6) is 0 Å². The summed E-state index contributed by atoms with van der Waals surface area (Å²) in [4.78, 5) is 8.89. The van der Waals surface area contributed by atoms with Crippen molar-refractivity contribution >= 4 is 5.97 Å². The first-order chi connectivity index (χ1) is 5.66. The molecule has 1 radical (unpaired) electrons. The van der Waals surface area contributed by atoms with Gasteiger partial charge in [-0.2, -0.15) is 0 Å². The van der Waals surface area contributed by atoms with E-state index in [1.807, 2.05) is 0 Å². The second-order valence-corrected chi connectivity index (χ2v) is 2.52. The molecular weight excluding hydrogens is 361 g/mol. The predicted molar refractivity (Wildman–Crippen MR) is 41.3 cm³/mol. The quantitative estimate of drug-likeness (QED) is 0.601. The van der Waals surface area contributed by atoms with Gasteiger partial charge in [-0.3, -0.25) is 0 Å². The number of aliphatic carboxylic acids is 1. The van der Waals surface area contributed by atoms with Crippen molar-refractivity contribution in [2.24, 2.45) is 0 Å². The maximum Gasteiger partial charge on any atom is 1.00 e. The van der Waals surface area contributed by atoms with Crippen LogP contribution in [0.15, 0.2) is 0 Å². The van der Waals surface area contributed by atoms with Crippen molar-refractivity contribution in [3.63, 3.8) is 0 Å². The number of carbonyl (C=O) groups excluding carboxylic acids is 1. The number of carboxylic acid groups (broad SMARTS) is 1. The largest absolute Gasteiger partial charge is 1.00 e. The zero-order valence-corrected chi connectivity index (χ0v) is 13.7. The molecule has 0 saturated carbocycles. The summed E-state index contributed by atoms with van der Waals surface area (Å²) in [5, 5.41) is 8.89. The van der Waals surface area contributed by atoms with Crippen LogP contribution in [0, 0.1) is 0 Å². The van der Waals surface area contributed by atoms with Crippen LogP contribution in [0.2, 0.25) is 0 Å². The molecule has 1 unspecified atom stereocenters. The van der Waals surface area contributed by atoms with E-state index in [0.717, 1.165) is 20.0 Å². The first-order valence-electron chi connectivity index (χ1n) is 3.98. The Labute approximate surface area is 99.1 Å². The van der Waals surface area contributed by atoms with Gasteiger partial charge in [-0.15, -0.1) is 0 Å². The van der Waals surface area contributed by atoms with Gasteiger partial charge in [0.2, 0.25) is 0 Å². The monoisotopic (exact) mass is 377 g/mol. The van der Waals surface area contributed by atoms with Crippen LogP contribution < -0.4 is 5.11 Å². The molecule has 0 aromatic rings. The fourth-order valence-corrected chi connectivity index (χ4v) is 0.897. The van der Waals surface area contributed by atoms with Gasteiger partial charge in [0.25, 0.3) is 0 Å². The zero-order chi connectivity index (χ0) is 9.40. The Balaban J connectivity index is 0. The maximum atomic E-state index is 8.89. The van der Waals surface area contributed by atoms with E-state index < -0.39 is 5.97 Å². The summed E-state index contributed by atoms with van der Waals surface area (Å²) in [5.74, 6) is -1.08. The summed E-state index contributed by atoms with van der Waals surface area (Å²) in [6.45, 7) is 1.85. The molecule has 5 heteroatoms. The zero-order valence-electron chi connectivity index (χ0n) is 8.25. The summed E-state index contributed by atoms with van der Waals surface area (Å²) < 4.78 is 10.2. The average molecular weight is 376 g/mol. The third kappa shape index (κ3) is 12.3. The van der Waals surface area contributed by atoms with Crippen molar-refractivity contribution in [2.75, 3.05) is 13.7 Å². The molecule has 1 aliphatic rings. The number of methoxy groups -OCH3 is 1. The first-order valence-corrected chi connectivity index (χ1v) is 3.98. The number of ether oxygens (including phenoxy) is 2. The minimum atomic E-state index is -1.08. The normalized spacial score (nSPS) is 20.6. The number of carboxylic acids is 1. The molecule has 4 nitrogen and oxygen atoms in total. The van der Waals surface area contributed by atoms with Crippen molar-refractivity contribution in [1.82, 2.24) is 0 Å². The number of hydrogen-bond donors (Lipinski definition) is 0. The Kier molecular flexibility index (Phi) is 12.6. The molecule has 1 saturated heterocycles. The van der Waals surface area contributed by atoms with Gasteiger partial charge in [0, 0.05) is 19.7 Å². The van der Waals surface area contributed by atoms with E-state index in [2.05, 4.69) is 0 Å². The van der Waals surface area contributed by atoms with Crippen LogP contribution in [-0.4, -0.2) is 26.0 Å². The Morgan fingerprint density at radius 1 is 1.54 bits per heavy atom. The van der Waals surface area contributed by atoms with E-state index >= 15 is 0 Å². The number of carbonyl (C=O) groups is 1. The van der Waals surface area contributed by atoms with Crippen LogP contribution in [0.25, 0.3) is 0 Å². The molecule has 1 rings (SSSR count). The average Bonchev–Trinajstić information content (AvgIpc) is 2.05. The van der Waals surface area contributed by atoms with Crippen LogP contribution in [-0.2, 0) is 41.9 Å². The Morgan fingerprint density at radius 2 is 2.08 bits per heavy atom. The fraction of sp³-hybridized carbons (Fsp3) is 0.875. The van der Waals surface area contributed by atoms with Crippen LogP contribution in [0.1, 0.15) is 26.2 Å². The second-order valence-electron chi connectivity index (χ2n) is 2.52. The fourth-order valence-electron chi connectivity index (χ4n) is 0.897. The minimum Gasteiger partial charge on any atom is -0.550 e. The summed E-state index contributed by atoms with van der Waals surface area (Å²) in [5.41, 5.74) is 0. The van der Waals surface area contributed by atoms with E-state index in [1.54, 1.807) is 7.11 Å². The van der Waals surface area contributed by atoms with E-state index in [0.29, 0.717) is 0 Å². The molecule has 73 valence electrons. The summed E-state index contributed by atoms with van der Waals surface area (Å²) in [6.07, 6.45) is 3.60. The molecule has 0 aliphatic carbocycles. The van der Waals surface area contributed by atoms with Gasteiger partial charge in [-0.25, -0.2) is 0 Å². The van der Waals surface area contributed by atoms with Gasteiger partial charge in [-0.05, 0) is 26.2 Å². The molecule has 1 heterocycles. The van der Waals surface area contributed by atoms with E-state index in [9.17, 15) is 0 Å². The molecule has 1 aliphatic heterocycles. The summed E-state index contributed by atoms with van der Waals surface area (Å²) in [6, 6.07) is 0. The molecule has 13 heavy (non-hydrogen) atoms. The maximum absolute atomic E-state index is 8.89. The molecule has 0 spiro atoms. The smallest absolute Gasteiger partial charge is 0.550 e. The van der Waals surface area contributed by atoms with Crippen molar-refractivity contribution in [3.05, 3.63) is 0 Å². The third-order valence-electron chi connectivity index (χ3n) is 1.40. The first kappa shape index (κ1) is 15.8. The molecule has 0 N–H and O–H groups in total. The molecule has 0 aromatic heterocycles. The van der Waals surface area contributed by atoms with Gasteiger partial charge in [0.05, 0.1) is 0 Å². The Bertz CT molecular complexity index is 119. The number of rotatable bonds is 1. The third-order valence-corrected chi connectivity index (χ3v) is 1.40. The van der Waals surface area contributed by atoms with Crippen LogP contribution in [0.3, 0.4) is 0 Å². The van der Waals surface area contributed by atoms with Crippen molar-refractivity contribution in [2.45, 2.75) is 32.5 Å². The predicted octanol–water partition coefficient (Wildman–Crippen LogP) is -0.0869. The summed E-state index contributed by atoms with van der Waals surface area (Å²) in [7, 11) is 1.69. The van der Waals surface area contributed by atoms with Gasteiger partial charge < -0.3 is 19.4 Å². The molecule has 1 fully saturated rings. The van der Waals surface area contributed by atoms with Crippen molar-refractivity contribution in [1.29, 1.82) is 0 Å². The van der Waals surface area contributed by atoms with E-state index in [-0.39, 0.29) is 34.0 Å². The minimum absolute atomic E-state index is 0. The van der Waals surface area contributed by atoms with Crippen molar-refractivity contribution < 1.29 is 47.0 Å². The van der Waals surface area contributed by atoms with Crippen molar-refractivity contribution in [3.8, 4) is 0 Å². The Morgan fingerprint density at radius 3 is 2.31 bits per heavy atom. The number of hydrogen-bond acceptors (Lipinski definition) is 4.